The molecule has 0 radical (unpaired) electrons. The fourth-order valence-corrected chi connectivity index (χ4v) is 2.82. The summed E-state index contributed by atoms with van der Waals surface area (Å²) in [5.74, 6) is -0.321. The van der Waals surface area contributed by atoms with Crippen molar-refractivity contribution in [1.82, 2.24) is 15.1 Å². The second-order valence-electron chi connectivity index (χ2n) is 6.21. The lowest BCUT2D eigenvalue weighted by molar-refractivity contribution is -0.121. The largest absolute Gasteiger partial charge is 0.350 e. The molecule has 0 fully saturated rings. The zero-order valence-electron chi connectivity index (χ0n) is 14.4. The highest BCUT2D eigenvalue weighted by molar-refractivity contribution is 5.92. The van der Waals surface area contributed by atoms with Gasteiger partial charge in [0.1, 0.15) is 0 Å². The van der Waals surface area contributed by atoms with E-state index in [0.29, 0.717) is 0 Å². The highest BCUT2D eigenvalue weighted by Crippen LogP contribution is 2.16. The first-order chi connectivity index (χ1) is 12.0. The van der Waals surface area contributed by atoms with Crippen molar-refractivity contribution in [3.05, 3.63) is 65.9 Å². The summed E-state index contributed by atoms with van der Waals surface area (Å²) < 4.78 is 1.38. The van der Waals surface area contributed by atoms with Gasteiger partial charge in [0.15, 0.2) is 0 Å². The molecule has 1 aromatic heterocycles. The van der Waals surface area contributed by atoms with Crippen molar-refractivity contribution in [1.29, 1.82) is 0 Å². The predicted octanol–water partition coefficient (Wildman–Crippen LogP) is 3.64. The number of rotatable bonds is 5. The Morgan fingerprint density at radius 2 is 1.88 bits per heavy atom. The number of nitrogens with zero attached hydrogens (tertiary/aromatic N) is 2. The highest BCUT2D eigenvalue weighted by Gasteiger charge is 2.14. The monoisotopic (exact) mass is 335 g/mol. The lowest BCUT2D eigenvalue weighted by Crippen LogP contribution is -2.27. The minimum absolute atomic E-state index is 0.0858. The fourth-order valence-electron chi connectivity index (χ4n) is 2.82. The van der Waals surface area contributed by atoms with E-state index >= 15 is 0 Å². The Labute approximate surface area is 146 Å². The smallest absolute Gasteiger partial charge is 0.247 e. The molecule has 5 nitrogen and oxygen atoms in total. The number of aromatic nitrogens is 2. The second-order valence-corrected chi connectivity index (χ2v) is 6.21. The van der Waals surface area contributed by atoms with Gasteiger partial charge in [-0.2, -0.15) is 5.10 Å². The molecule has 1 amide bonds. The second kappa shape index (κ2) is 7.30. The van der Waals surface area contributed by atoms with Crippen molar-refractivity contribution in [2.45, 2.75) is 32.7 Å². The number of hydrogen-bond acceptors (Lipinski definition) is 3. The fraction of sp³-hybridized carbons (Fsp3) is 0.250. The summed E-state index contributed by atoms with van der Waals surface area (Å²) in [5, 5.41) is 8.01. The number of benzene rings is 2. The number of fused-ring (bicyclic) bond motifs is 1. The van der Waals surface area contributed by atoms with E-state index in [1.54, 1.807) is 6.20 Å². The van der Waals surface area contributed by atoms with Crippen molar-refractivity contribution in [2.75, 3.05) is 0 Å². The van der Waals surface area contributed by atoms with E-state index in [-0.39, 0.29) is 30.7 Å². The van der Waals surface area contributed by atoms with Gasteiger partial charge in [-0.25, -0.2) is 4.68 Å². The summed E-state index contributed by atoms with van der Waals surface area (Å²) >= 11 is 0. The standard InChI is InChI=1S/C20H21N3O2/c1-14-8-9-18-17(12-14)13-21-23(18)20(25)11-10-19(24)22-15(2)16-6-4-3-5-7-16/h3-9,12-13,15H,10-11H2,1-2H3,(H,22,24)/t15-/m1/s1. The zero-order valence-corrected chi connectivity index (χ0v) is 14.4. The number of hydrogen-bond donors (Lipinski definition) is 1. The van der Waals surface area contributed by atoms with Crippen LogP contribution in [0.5, 0.6) is 0 Å². The maximum atomic E-state index is 12.4. The quantitative estimate of drug-likeness (QED) is 0.774. The minimum Gasteiger partial charge on any atom is -0.350 e. The maximum Gasteiger partial charge on any atom is 0.247 e. The van der Waals surface area contributed by atoms with Gasteiger partial charge < -0.3 is 5.32 Å². The summed E-state index contributed by atoms with van der Waals surface area (Å²) in [6.07, 6.45) is 1.94. The van der Waals surface area contributed by atoms with Crippen LogP contribution in [0.2, 0.25) is 0 Å². The molecule has 1 heterocycles. The molecule has 0 bridgehead atoms. The topological polar surface area (TPSA) is 64.0 Å². The molecule has 3 aromatic rings. The first kappa shape index (κ1) is 16.9. The Morgan fingerprint density at radius 3 is 2.64 bits per heavy atom. The SMILES string of the molecule is Cc1ccc2c(cnn2C(=O)CCC(=O)N[C@H](C)c2ccccc2)c1. The minimum atomic E-state index is -0.179. The van der Waals surface area contributed by atoms with Gasteiger partial charge in [-0.1, -0.05) is 42.0 Å². The number of carbonyl (C=O) groups is 2. The molecule has 5 heteroatoms. The third-order valence-corrected chi connectivity index (χ3v) is 4.20. The van der Waals surface area contributed by atoms with Crippen LogP contribution in [0.3, 0.4) is 0 Å². The van der Waals surface area contributed by atoms with Crippen molar-refractivity contribution in [3.8, 4) is 0 Å². The van der Waals surface area contributed by atoms with Gasteiger partial charge in [0.2, 0.25) is 11.8 Å². The van der Waals surface area contributed by atoms with Gasteiger partial charge >= 0.3 is 0 Å². The average molecular weight is 335 g/mol. The highest BCUT2D eigenvalue weighted by atomic mass is 16.2. The molecule has 1 atom stereocenters. The van der Waals surface area contributed by atoms with E-state index in [4.69, 9.17) is 0 Å². The summed E-state index contributed by atoms with van der Waals surface area (Å²) in [4.78, 5) is 24.5. The molecule has 0 spiro atoms. The first-order valence-corrected chi connectivity index (χ1v) is 8.36. The summed E-state index contributed by atoms with van der Waals surface area (Å²) in [6, 6.07) is 15.5. The Hall–Kier alpha value is -2.95. The van der Waals surface area contributed by atoms with Crippen LogP contribution in [0.4, 0.5) is 0 Å². The molecule has 0 unspecified atom stereocenters. The van der Waals surface area contributed by atoms with E-state index in [1.807, 2.05) is 62.4 Å². The van der Waals surface area contributed by atoms with Crippen LogP contribution >= 0.6 is 0 Å². The van der Waals surface area contributed by atoms with E-state index in [1.165, 1.54) is 4.68 Å². The van der Waals surface area contributed by atoms with Crippen molar-refractivity contribution >= 4 is 22.7 Å². The van der Waals surface area contributed by atoms with Crippen LogP contribution in [-0.4, -0.2) is 21.6 Å². The van der Waals surface area contributed by atoms with E-state index < -0.39 is 0 Å². The third kappa shape index (κ3) is 3.94. The lowest BCUT2D eigenvalue weighted by atomic mass is 10.1. The van der Waals surface area contributed by atoms with Crippen molar-refractivity contribution in [3.63, 3.8) is 0 Å². The molecule has 0 aliphatic heterocycles. The number of aryl methyl sites for hydroxylation is 1. The van der Waals surface area contributed by atoms with Gasteiger partial charge in [-0.05, 0) is 31.5 Å². The Morgan fingerprint density at radius 1 is 1.12 bits per heavy atom. The number of amides is 1. The molecule has 0 saturated heterocycles. The Bertz CT molecular complexity index is 900. The van der Waals surface area contributed by atoms with E-state index in [9.17, 15) is 9.59 Å². The molecule has 0 aliphatic rings. The van der Waals surface area contributed by atoms with Crippen LogP contribution in [0.25, 0.3) is 10.9 Å². The van der Waals surface area contributed by atoms with Gasteiger partial charge in [-0.15, -0.1) is 0 Å². The van der Waals surface area contributed by atoms with Crippen LogP contribution in [-0.2, 0) is 4.79 Å². The van der Waals surface area contributed by atoms with Crippen LogP contribution < -0.4 is 5.32 Å². The predicted molar refractivity (Wildman–Crippen MR) is 97.3 cm³/mol. The molecule has 1 N–H and O–H groups in total. The average Bonchev–Trinajstić information content (AvgIpc) is 3.03. The van der Waals surface area contributed by atoms with Crippen LogP contribution in [0.1, 0.15) is 41.7 Å². The summed E-state index contributed by atoms with van der Waals surface area (Å²) in [5.41, 5.74) is 2.93. The van der Waals surface area contributed by atoms with E-state index in [0.717, 1.165) is 22.0 Å². The zero-order chi connectivity index (χ0) is 17.8. The van der Waals surface area contributed by atoms with Gasteiger partial charge in [0.05, 0.1) is 17.8 Å². The number of carbonyl (C=O) groups excluding carboxylic acids is 2. The summed E-state index contributed by atoms with van der Waals surface area (Å²) in [7, 11) is 0. The third-order valence-electron chi connectivity index (χ3n) is 4.20. The van der Waals surface area contributed by atoms with Crippen LogP contribution in [0.15, 0.2) is 54.7 Å². The lowest BCUT2D eigenvalue weighted by Gasteiger charge is -2.14. The molecule has 3 rings (SSSR count). The van der Waals surface area contributed by atoms with Gasteiger partial charge in [0, 0.05) is 18.2 Å². The van der Waals surface area contributed by atoms with Crippen LogP contribution in [0, 0.1) is 6.92 Å². The van der Waals surface area contributed by atoms with Gasteiger partial charge in [-0.3, -0.25) is 9.59 Å². The molecule has 0 saturated carbocycles. The van der Waals surface area contributed by atoms with Gasteiger partial charge in [0.25, 0.3) is 0 Å². The molecule has 2 aromatic carbocycles. The Balaban J connectivity index is 1.59. The molecular formula is C20H21N3O2. The molecule has 0 aliphatic carbocycles. The molecule has 128 valence electrons. The molecular weight excluding hydrogens is 314 g/mol. The number of nitrogens with one attached hydrogen (secondary N) is 1. The van der Waals surface area contributed by atoms with E-state index in [2.05, 4.69) is 10.4 Å². The Kier molecular flexibility index (Phi) is 4.93. The molecule has 25 heavy (non-hydrogen) atoms. The van der Waals surface area contributed by atoms with Crippen molar-refractivity contribution < 1.29 is 9.59 Å². The first-order valence-electron chi connectivity index (χ1n) is 8.36. The normalized spacial score (nSPS) is 12.1. The van der Waals surface area contributed by atoms with Crippen molar-refractivity contribution in [2.24, 2.45) is 0 Å². The maximum absolute atomic E-state index is 12.4. The summed E-state index contributed by atoms with van der Waals surface area (Å²) in [6.45, 7) is 3.93.